The third-order valence-electron chi connectivity index (χ3n) is 2.46. The second-order valence-electron chi connectivity index (χ2n) is 3.61. The predicted octanol–water partition coefficient (Wildman–Crippen LogP) is 0.0957. The number of rotatable bonds is 2. The summed E-state index contributed by atoms with van der Waals surface area (Å²) in [4.78, 5) is 36.0. The largest absolute Gasteiger partial charge is 0.478 e. The lowest BCUT2D eigenvalue weighted by molar-refractivity contribution is 0.0697. The van der Waals surface area contributed by atoms with Gasteiger partial charge in [-0.25, -0.2) is 9.59 Å². The number of aromatic nitrogens is 2. The molecule has 1 aromatic heterocycles. The van der Waals surface area contributed by atoms with Gasteiger partial charge in [-0.1, -0.05) is 12.1 Å². The summed E-state index contributed by atoms with van der Waals surface area (Å²) < 4.78 is 0.920. The molecule has 0 amide bonds. The first-order valence-electron chi connectivity index (χ1n) is 5.13. The summed E-state index contributed by atoms with van der Waals surface area (Å²) in [5, 5.41) is 17.8. The number of carboxylic acid groups (broad SMARTS) is 1. The number of para-hydroxylation sites is 1. The Morgan fingerprint density at radius 3 is 2.63 bits per heavy atom. The molecule has 0 atom stereocenters. The molecular formula is C12H7N3O4. The van der Waals surface area contributed by atoms with Gasteiger partial charge in [-0.3, -0.25) is 14.3 Å². The van der Waals surface area contributed by atoms with Crippen molar-refractivity contribution in [2.24, 2.45) is 0 Å². The fourth-order valence-corrected chi connectivity index (χ4v) is 1.59. The zero-order valence-corrected chi connectivity index (χ0v) is 9.45. The molecule has 2 rings (SSSR count). The van der Waals surface area contributed by atoms with Crippen molar-refractivity contribution >= 4 is 5.97 Å². The molecule has 0 saturated carbocycles. The van der Waals surface area contributed by atoms with Crippen LogP contribution in [0.25, 0.3) is 5.69 Å². The molecule has 0 aliphatic carbocycles. The van der Waals surface area contributed by atoms with E-state index in [1.165, 1.54) is 18.2 Å². The van der Waals surface area contributed by atoms with Crippen LogP contribution in [0.5, 0.6) is 0 Å². The summed E-state index contributed by atoms with van der Waals surface area (Å²) in [6, 6.07) is 7.41. The van der Waals surface area contributed by atoms with Crippen LogP contribution in [0.3, 0.4) is 0 Å². The van der Waals surface area contributed by atoms with E-state index < -0.39 is 17.2 Å². The highest BCUT2D eigenvalue weighted by Gasteiger charge is 2.13. The predicted molar refractivity (Wildman–Crippen MR) is 64.3 cm³/mol. The van der Waals surface area contributed by atoms with Crippen molar-refractivity contribution in [3.63, 3.8) is 0 Å². The molecule has 7 heteroatoms. The first kappa shape index (κ1) is 12.3. The summed E-state index contributed by atoms with van der Waals surface area (Å²) in [5.74, 6) is -1.22. The quantitative estimate of drug-likeness (QED) is 0.791. The highest BCUT2D eigenvalue weighted by molar-refractivity contribution is 5.91. The van der Waals surface area contributed by atoms with Crippen LogP contribution in [0.1, 0.15) is 15.9 Å². The van der Waals surface area contributed by atoms with Crippen LogP contribution in [0.4, 0.5) is 0 Å². The number of carboxylic acids is 1. The molecule has 0 saturated heterocycles. The molecule has 94 valence electrons. The van der Waals surface area contributed by atoms with Crippen LogP contribution in [-0.2, 0) is 0 Å². The lowest BCUT2D eigenvalue weighted by Gasteiger charge is -2.08. The number of benzene rings is 1. The topological polar surface area (TPSA) is 116 Å². The van der Waals surface area contributed by atoms with Gasteiger partial charge in [0.25, 0.3) is 5.56 Å². The number of nitrogens with one attached hydrogen (secondary N) is 1. The molecule has 1 aromatic carbocycles. The van der Waals surface area contributed by atoms with Crippen LogP contribution in [0.15, 0.2) is 40.1 Å². The van der Waals surface area contributed by atoms with Gasteiger partial charge in [-0.05, 0) is 12.1 Å². The van der Waals surface area contributed by atoms with Gasteiger partial charge < -0.3 is 5.11 Å². The average Bonchev–Trinajstić information content (AvgIpc) is 2.39. The molecule has 2 aromatic rings. The zero-order valence-electron chi connectivity index (χ0n) is 9.45. The van der Waals surface area contributed by atoms with Crippen LogP contribution in [-0.4, -0.2) is 20.6 Å². The van der Waals surface area contributed by atoms with Gasteiger partial charge in [0.1, 0.15) is 11.6 Å². The molecule has 0 spiro atoms. The Hall–Kier alpha value is -3.14. The highest BCUT2D eigenvalue weighted by Crippen LogP contribution is 2.12. The molecular weight excluding hydrogens is 250 g/mol. The molecule has 7 nitrogen and oxygen atoms in total. The van der Waals surface area contributed by atoms with Crippen molar-refractivity contribution < 1.29 is 9.90 Å². The van der Waals surface area contributed by atoms with E-state index in [0.717, 1.165) is 10.8 Å². The summed E-state index contributed by atoms with van der Waals surface area (Å²) in [7, 11) is 0. The summed E-state index contributed by atoms with van der Waals surface area (Å²) in [6.45, 7) is 0. The number of hydrogen-bond acceptors (Lipinski definition) is 4. The van der Waals surface area contributed by atoms with Crippen molar-refractivity contribution in [1.82, 2.24) is 9.55 Å². The molecule has 0 radical (unpaired) electrons. The molecule has 2 N–H and O–H groups in total. The third-order valence-corrected chi connectivity index (χ3v) is 2.46. The smallest absolute Gasteiger partial charge is 0.337 e. The van der Waals surface area contributed by atoms with E-state index in [0.29, 0.717) is 0 Å². The highest BCUT2D eigenvalue weighted by atomic mass is 16.4. The normalized spacial score (nSPS) is 9.84. The van der Waals surface area contributed by atoms with Gasteiger partial charge in [-0.15, -0.1) is 0 Å². The second kappa shape index (κ2) is 4.62. The Balaban J connectivity index is 2.81. The first-order valence-corrected chi connectivity index (χ1v) is 5.13. The zero-order chi connectivity index (χ0) is 14.0. The monoisotopic (exact) mass is 257 g/mol. The molecule has 19 heavy (non-hydrogen) atoms. The second-order valence-corrected chi connectivity index (χ2v) is 3.61. The summed E-state index contributed by atoms with van der Waals surface area (Å²) >= 11 is 0. The van der Waals surface area contributed by atoms with Gasteiger partial charge >= 0.3 is 11.7 Å². The van der Waals surface area contributed by atoms with Crippen LogP contribution < -0.4 is 11.2 Å². The Kier molecular flexibility index (Phi) is 3.00. The van der Waals surface area contributed by atoms with Crippen LogP contribution in [0, 0.1) is 11.3 Å². The lowest BCUT2D eigenvalue weighted by Crippen LogP contribution is -2.30. The number of nitriles is 1. The van der Waals surface area contributed by atoms with E-state index >= 15 is 0 Å². The van der Waals surface area contributed by atoms with Crippen molar-refractivity contribution in [1.29, 1.82) is 5.26 Å². The van der Waals surface area contributed by atoms with Crippen molar-refractivity contribution in [3.05, 3.63) is 62.4 Å². The van der Waals surface area contributed by atoms with E-state index in [2.05, 4.69) is 0 Å². The average molecular weight is 257 g/mol. The molecule has 0 aliphatic rings. The maximum atomic E-state index is 11.7. The van der Waals surface area contributed by atoms with Gasteiger partial charge in [0, 0.05) is 6.20 Å². The standard InChI is InChI=1S/C12H7N3O4/c13-5-7-6-15(12(19)14-10(7)16)9-4-2-1-3-8(9)11(17)18/h1-4,6H,(H,17,18)(H,14,16,19). The van der Waals surface area contributed by atoms with E-state index in [-0.39, 0.29) is 16.8 Å². The molecule has 0 bridgehead atoms. The third kappa shape index (κ3) is 2.14. The number of nitrogens with zero attached hydrogens (tertiary/aromatic N) is 2. The molecule has 0 unspecified atom stereocenters. The van der Waals surface area contributed by atoms with Crippen molar-refractivity contribution in [2.45, 2.75) is 0 Å². The fraction of sp³-hybridized carbons (Fsp3) is 0. The number of hydrogen-bond donors (Lipinski definition) is 2. The van der Waals surface area contributed by atoms with E-state index in [4.69, 9.17) is 10.4 Å². The van der Waals surface area contributed by atoms with Crippen LogP contribution in [0.2, 0.25) is 0 Å². The lowest BCUT2D eigenvalue weighted by atomic mass is 10.1. The van der Waals surface area contributed by atoms with Gasteiger partial charge in [0.05, 0.1) is 11.3 Å². The Morgan fingerprint density at radius 2 is 2.00 bits per heavy atom. The maximum absolute atomic E-state index is 11.7. The maximum Gasteiger partial charge on any atom is 0.337 e. The Morgan fingerprint density at radius 1 is 1.32 bits per heavy atom. The number of aromatic amines is 1. The van der Waals surface area contributed by atoms with Crippen LogP contribution >= 0.6 is 0 Å². The molecule has 0 fully saturated rings. The van der Waals surface area contributed by atoms with Gasteiger partial charge in [-0.2, -0.15) is 5.26 Å². The van der Waals surface area contributed by atoms with Gasteiger partial charge in [0.15, 0.2) is 0 Å². The van der Waals surface area contributed by atoms with E-state index in [1.807, 2.05) is 4.98 Å². The Labute approximate surface area is 106 Å². The SMILES string of the molecule is N#Cc1cn(-c2ccccc2C(=O)O)c(=O)[nH]c1=O. The summed E-state index contributed by atoms with van der Waals surface area (Å²) in [5.41, 5.74) is -1.93. The van der Waals surface area contributed by atoms with Gasteiger partial charge in [0.2, 0.25) is 0 Å². The Bertz CT molecular complexity index is 811. The molecule has 1 heterocycles. The number of H-pyrrole nitrogens is 1. The van der Waals surface area contributed by atoms with Crippen molar-refractivity contribution in [3.8, 4) is 11.8 Å². The minimum atomic E-state index is -1.22. The van der Waals surface area contributed by atoms with Crippen molar-refractivity contribution in [2.75, 3.05) is 0 Å². The number of carbonyl (C=O) groups is 1. The minimum absolute atomic E-state index is 0.0766. The minimum Gasteiger partial charge on any atom is -0.478 e. The summed E-state index contributed by atoms with van der Waals surface area (Å²) in [6.07, 6.45) is 1.02. The fourth-order valence-electron chi connectivity index (χ4n) is 1.59. The van der Waals surface area contributed by atoms with E-state index in [9.17, 15) is 14.4 Å². The van der Waals surface area contributed by atoms with E-state index in [1.54, 1.807) is 12.1 Å². The first-order chi connectivity index (χ1) is 9.04. The molecule has 0 aliphatic heterocycles. The number of aromatic carboxylic acids is 1.